The number of hydrogen-bond acceptors (Lipinski definition) is 3. The molecule has 0 unspecified atom stereocenters. The highest BCUT2D eigenvalue weighted by Gasteiger charge is 2.14. The molecule has 48 valence electrons. The zero-order valence-electron chi connectivity index (χ0n) is 4.46. The molecule has 1 fully saturated rings. The third kappa shape index (κ3) is 1.45. The molecule has 3 nitrogen and oxygen atoms in total. The first-order chi connectivity index (χ1) is 3.71. The quantitative estimate of drug-likeness (QED) is 0.462. The van der Waals surface area contributed by atoms with Gasteiger partial charge in [0.25, 0.3) is 0 Å². The van der Waals surface area contributed by atoms with Crippen LogP contribution in [0.5, 0.6) is 0 Å². The van der Waals surface area contributed by atoms with Gasteiger partial charge in [-0.25, -0.2) is 8.42 Å². The van der Waals surface area contributed by atoms with E-state index < -0.39 is 9.84 Å². The molecule has 8 heavy (non-hydrogen) atoms. The molecule has 0 aromatic rings. The van der Waals surface area contributed by atoms with Crippen molar-refractivity contribution in [1.82, 2.24) is 0 Å². The smallest absolute Gasteiger partial charge is 0.174 e. The lowest BCUT2D eigenvalue weighted by Gasteiger charge is -2.10. The second-order valence-electron chi connectivity index (χ2n) is 1.83. The topological polar surface area (TPSA) is 43.4 Å². The fourth-order valence-corrected chi connectivity index (χ4v) is 1.67. The summed E-state index contributed by atoms with van der Waals surface area (Å²) in [6, 6.07) is 0. The maximum Gasteiger partial charge on any atom is 0.174 e. The SMILES string of the molecule is O=S1(=O)CCCOC1. The molecule has 1 saturated heterocycles. The van der Waals surface area contributed by atoms with E-state index in [0.717, 1.165) is 0 Å². The largest absolute Gasteiger partial charge is 0.366 e. The first-order valence-electron chi connectivity index (χ1n) is 2.49. The average molecular weight is 136 g/mol. The van der Waals surface area contributed by atoms with Crippen molar-refractivity contribution in [2.24, 2.45) is 0 Å². The molecular formula is C4H8O3S. The summed E-state index contributed by atoms with van der Waals surface area (Å²) in [4.78, 5) is 0. The van der Waals surface area contributed by atoms with Gasteiger partial charge in [0.15, 0.2) is 9.84 Å². The summed E-state index contributed by atoms with van der Waals surface area (Å²) in [6.07, 6.45) is 0.655. The third-order valence-corrected chi connectivity index (χ3v) is 2.44. The van der Waals surface area contributed by atoms with Crippen molar-refractivity contribution in [2.45, 2.75) is 6.42 Å². The molecule has 0 amide bonds. The van der Waals surface area contributed by atoms with Crippen LogP contribution in [0.25, 0.3) is 0 Å². The molecule has 0 bridgehead atoms. The molecule has 0 saturated carbocycles. The van der Waals surface area contributed by atoms with Gasteiger partial charge in [-0.1, -0.05) is 0 Å². The molecule has 1 aliphatic rings. The molecule has 1 aliphatic heterocycles. The van der Waals surface area contributed by atoms with Crippen molar-refractivity contribution in [2.75, 3.05) is 18.3 Å². The van der Waals surface area contributed by atoms with Gasteiger partial charge in [-0.3, -0.25) is 0 Å². The summed E-state index contributed by atoms with van der Waals surface area (Å²) in [6.45, 7) is 0.596. The van der Waals surface area contributed by atoms with Gasteiger partial charge in [0.1, 0.15) is 5.94 Å². The van der Waals surface area contributed by atoms with Gasteiger partial charge in [0, 0.05) is 6.61 Å². The summed E-state index contributed by atoms with van der Waals surface area (Å²) in [5.41, 5.74) is 0. The van der Waals surface area contributed by atoms with Gasteiger partial charge >= 0.3 is 0 Å². The number of hydrogen-bond donors (Lipinski definition) is 0. The van der Waals surface area contributed by atoms with Crippen molar-refractivity contribution in [3.63, 3.8) is 0 Å². The number of rotatable bonds is 0. The van der Waals surface area contributed by atoms with E-state index in [1.807, 2.05) is 0 Å². The summed E-state index contributed by atoms with van der Waals surface area (Å²) in [7, 11) is -2.80. The monoisotopic (exact) mass is 136 g/mol. The van der Waals surface area contributed by atoms with Crippen LogP contribution in [-0.2, 0) is 14.6 Å². The fourth-order valence-electron chi connectivity index (χ4n) is 0.626. The Morgan fingerprint density at radius 3 is 2.38 bits per heavy atom. The van der Waals surface area contributed by atoms with Gasteiger partial charge < -0.3 is 4.74 Å². The van der Waals surface area contributed by atoms with Crippen molar-refractivity contribution in [3.05, 3.63) is 0 Å². The van der Waals surface area contributed by atoms with Crippen LogP contribution < -0.4 is 0 Å². The maximum atomic E-state index is 10.5. The molecule has 0 aromatic heterocycles. The number of ether oxygens (including phenoxy) is 1. The minimum atomic E-state index is -2.80. The lowest BCUT2D eigenvalue weighted by atomic mass is 10.5. The first-order valence-corrected chi connectivity index (χ1v) is 4.31. The Kier molecular flexibility index (Phi) is 1.53. The van der Waals surface area contributed by atoms with E-state index in [4.69, 9.17) is 4.74 Å². The molecule has 1 rings (SSSR count). The molecule has 0 spiro atoms. The van der Waals surface area contributed by atoms with Crippen LogP contribution in [0.1, 0.15) is 6.42 Å². The van der Waals surface area contributed by atoms with Gasteiger partial charge in [-0.2, -0.15) is 0 Å². The first kappa shape index (κ1) is 6.04. The molecular weight excluding hydrogens is 128 g/mol. The molecule has 4 heteroatoms. The summed E-state index contributed by atoms with van der Waals surface area (Å²) < 4.78 is 25.7. The van der Waals surface area contributed by atoms with Gasteiger partial charge in [-0.05, 0) is 6.42 Å². The van der Waals surface area contributed by atoms with E-state index in [9.17, 15) is 8.42 Å². The van der Waals surface area contributed by atoms with Crippen LogP contribution in [0.3, 0.4) is 0 Å². The Morgan fingerprint density at radius 2 is 2.12 bits per heavy atom. The Hall–Kier alpha value is -0.0900. The number of sulfone groups is 1. The molecule has 0 N–H and O–H groups in total. The van der Waals surface area contributed by atoms with Crippen molar-refractivity contribution in [3.8, 4) is 0 Å². The van der Waals surface area contributed by atoms with E-state index in [0.29, 0.717) is 18.8 Å². The van der Waals surface area contributed by atoms with Gasteiger partial charge in [-0.15, -0.1) is 0 Å². The molecule has 0 aliphatic carbocycles. The highest BCUT2D eigenvalue weighted by molar-refractivity contribution is 7.91. The van der Waals surface area contributed by atoms with Crippen LogP contribution in [0, 0.1) is 0 Å². The zero-order valence-corrected chi connectivity index (χ0v) is 5.28. The van der Waals surface area contributed by atoms with E-state index in [1.54, 1.807) is 0 Å². The lowest BCUT2D eigenvalue weighted by molar-refractivity contribution is 0.167. The molecule has 0 atom stereocenters. The van der Waals surface area contributed by atoms with E-state index in [2.05, 4.69) is 0 Å². The fraction of sp³-hybridized carbons (Fsp3) is 1.00. The Balaban J connectivity index is 2.58. The molecule has 1 heterocycles. The average Bonchev–Trinajstić information content (AvgIpc) is 1.65. The highest BCUT2D eigenvalue weighted by Crippen LogP contribution is 2.01. The van der Waals surface area contributed by atoms with Crippen LogP contribution in [0.15, 0.2) is 0 Å². The van der Waals surface area contributed by atoms with Crippen molar-refractivity contribution >= 4 is 9.84 Å². The van der Waals surface area contributed by atoms with Crippen LogP contribution in [-0.4, -0.2) is 26.7 Å². The zero-order chi connectivity index (χ0) is 6.04. The summed E-state index contributed by atoms with van der Waals surface area (Å²) >= 11 is 0. The minimum Gasteiger partial charge on any atom is -0.366 e. The molecule has 0 aromatic carbocycles. The van der Waals surface area contributed by atoms with Crippen LogP contribution >= 0.6 is 0 Å². The predicted molar refractivity (Wildman–Crippen MR) is 29.2 cm³/mol. The van der Waals surface area contributed by atoms with Crippen molar-refractivity contribution in [1.29, 1.82) is 0 Å². The normalized spacial score (nSPS) is 27.5. The predicted octanol–water partition coefficient (Wildman–Crippen LogP) is -0.221. The van der Waals surface area contributed by atoms with Gasteiger partial charge in [0.2, 0.25) is 0 Å². The highest BCUT2D eigenvalue weighted by atomic mass is 32.2. The van der Waals surface area contributed by atoms with Crippen LogP contribution in [0.2, 0.25) is 0 Å². The van der Waals surface area contributed by atoms with E-state index >= 15 is 0 Å². The van der Waals surface area contributed by atoms with Crippen LogP contribution in [0.4, 0.5) is 0 Å². The summed E-state index contributed by atoms with van der Waals surface area (Å²) in [5.74, 6) is 0.222. The minimum absolute atomic E-state index is 0.0764. The lowest BCUT2D eigenvalue weighted by Crippen LogP contribution is -2.21. The Labute approximate surface area is 48.6 Å². The van der Waals surface area contributed by atoms with E-state index in [-0.39, 0.29) is 5.94 Å². The Morgan fingerprint density at radius 1 is 1.38 bits per heavy atom. The maximum absolute atomic E-state index is 10.5. The third-order valence-electron chi connectivity index (χ3n) is 1.01. The second-order valence-corrected chi connectivity index (χ2v) is 3.96. The summed E-state index contributed by atoms with van der Waals surface area (Å²) in [5, 5.41) is 0. The van der Waals surface area contributed by atoms with Gasteiger partial charge in [0.05, 0.1) is 5.75 Å². The standard InChI is InChI=1S/C4H8O3S/c5-8(6)3-1-2-7-4-8/h1-4H2. The van der Waals surface area contributed by atoms with E-state index in [1.165, 1.54) is 0 Å². The Bertz CT molecular complexity index is 146. The van der Waals surface area contributed by atoms with Crippen molar-refractivity contribution < 1.29 is 13.2 Å². The second kappa shape index (κ2) is 2.03. The molecule has 0 radical (unpaired) electrons.